The van der Waals surface area contributed by atoms with Gasteiger partial charge in [-0.2, -0.15) is 0 Å². The van der Waals surface area contributed by atoms with Crippen molar-refractivity contribution in [2.45, 2.75) is 32.4 Å². The Morgan fingerprint density at radius 2 is 2.18 bits per heavy atom. The van der Waals surface area contributed by atoms with Gasteiger partial charge in [0.1, 0.15) is 0 Å². The van der Waals surface area contributed by atoms with E-state index in [1.807, 2.05) is 0 Å². The van der Waals surface area contributed by atoms with Crippen LogP contribution in [0.15, 0.2) is 23.8 Å². The highest BCUT2D eigenvalue weighted by molar-refractivity contribution is 9.09. The molecule has 1 nitrogen and oxygen atoms in total. The van der Waals surface area contributed by atoms with Gasteiger partial charge in [-0.3, -0.25) is 0 Å². The molecular weight excluding hydrogens is 296 g/mol. The van der Waals surface area contributed by atoms with E-state index in [1.54, 1.807) is 0 Å². The fourth-order valence-corrected chi connectivity index (χ4v) is 6.76. The molecule has 0 aromatic rings. The summed E-state index contributed by atoms with van der Waals surface area (Å²) in [5.74, 6) is 2.54. The van der Waals surface area contributed by atoms with Crippen LogP contribution < -0.4 is 0 Å². The van der Waals surface area contributed by atoms with Crippen LogP contribution in [0.4, 0.5) is 0 Å². The molecule has 1 aliphatic carbocycles. The van der Waals surface area contributed by atoms with Gasteiger partial charge >= 0.3 is 0 Å². The maximum absolute atomic E-state index is 6.09. The van der Waals surface area contributed by atoms with Crippen molar-refractivity contribution >= 4 is 26.2 Å². The van der Waals surface area contributed by atoms with E-state index in [0.29, 0.717) is 10.7 Å². The fourth-order valence-electron chi connectivity index (χ4n) is 2.55. The second-order valence-electron chi connectivity index (χ2n) is 6.15. The SMILES string of the molecule is CC(C)(C)CS1(C2C=CC(CBr)=CC2)CCO1. The molecule has 2 rings (SSSR count). The predicted octanol–water partition coefficient (Wildman–Crippen LogP) is 4.43. The van der Waals surface area contributed by atoms with E-state index in [9.17, 15) is 0 Å². The highest BCUT2D eigenvalue weighted by Crippen LogP contribution is 2.64. The van der Waals surface area contributed by atoms with Crippen LogP contribution in [0.2, 0.25) is 0 Å². The van der Waals surface area contributed by atoms with Gasteiger partial charge in [0.25, 0.3) is 0 Å². The van der Waals surface area contributed by atoms with E-state index in [4.69, 9.17) is 4.18 Å². The lowest BCUT2D eigenvalue weighted by Gasteiger charge is -2.54. The van der Waals surface area contributed by atoms with Crippen molar-refractivity contribution in [3.05, 3.63) is 23.8 Å². The Bertz CT molecular complexity index is 337. The Balaban J connectivity index is 2.06. The van der Waals surface area contributed by atoms with Crippen LogP contribution in [0.3, 0.4) is 0 Å². The summed E-state index contributed by atoms with van der Waals surface area (Å²) < 4.78 is 6.09. The van der Waals surface area contributed by atoms with Crippen molar-refractivity contribution in [3.8, 4) is 0 Å². The van der Waals surface area contributed by atoms with Gasteiger partial charge in [-0.1, -0.05) is 54.9 Å². The zero-order valence-corrected chi connectivity index (χ0v) is 13.4. The van der Waals surface area contributed by atoms with Crippen molar-refractivity contribution in [3.63, 3.8) is 0 Å². The molecule has 2 unspecified atom stereocenters. The molecule has 0 N–H and O–H groups in total. The average Bonchev–Trinajstić information content (AvgIpc) is 2.23. The smallest absolute Gasteiger partial charge is 0.0688 e. The van der Waals surface area contributed by atoms with Crippen molar-refractivity contribution < 1.29 is 4.18 Å². The van der Waals surface area contributed by atoms with E-state index in [1.165, 1.54) is 23.5 Å². The first-order valence-electron chi connectivity index (χ1n) is 6.30. The monoisotopic (exact) mass is 318 g/mol. The molecular formula is C14H23BrOS. The maximum Gasteiger partial charge on any atom is 0.0688 e. The second kappa shape index (κ2) is 5.10. The highest BCUT2D eigenvalue weighted by Gasteiger charge is 2.42. The van der Waals surface area contributed by atoms with Gasteiger partial charge in [0.05, 0.1) is 6.61 Å². The first-order valence-corrected chi connectivity index (χ1v) is 9.38. The van der Waals surface area contributed by atoms with Crippen LogP contribution in [0.5, 0.6) is 0 Å². The Hall–Kier alpha value is 0.270. The van der Waals surface area contributed by atoms with Crippen LogP contribution in [0, 0.1) is 5.41 Å². The van der Waals surface area contributed by atoms with Crippen LogP contribution in [0.1, 0.15) is 27.2 Å². The minimum atomic E-state index is -0.834. The van der Waals surface area contributed by atoms with Crippen LogP contribution in [-0.2, 0) is 4.18 Å². The molecule has 1 aliphatic heterocycles. The Morgan fingerprint density at radius 1 is 1.47 bits per heavy atom. The molecule has 1 heterocycles. The van der Waals surface area contributed by atoms with Crippen molar-refractivity contribution in [1.82, 2.24) is 0 Å². The normalized spacial score (nSPS) is 36.9. The summed E-state index contributed by atoms with van der Waals surface area (Å²) in [6.07, 6.45) is 8.22. The van der Waals surface area contributed by atoms with E-state index in [0.717, 1.165) is 11.9 Å². The molecule has 2 atom stereocenters. The number of hydrogen-bond donors (Lipinski definition) is 0. The number of rotatable bonds is 3. The largest absolute Gasteiger partial charge is 0.335 e. The topological polar surface area (TPSA) is 9.23 Å². The van der Waals surface area contributed by atoms with Gasteiger partial charge < -0.3 is 4.18 Å². The summed E-state index contributed by atoms with van der Waals surface area (Å²) in [5.41, 5.74) is 1.79. The number of allylic oxidation sites excluding steroid dienone is 3. The predicted molar refractivity (Wildman–Crippen MR) is 82.2 cm³/mol. The molecule has 0 saturated carbocycles. The van der Waals surface area contributed by atoms with Crippen LogP contribution in [-0.4, -0.2) is 28.7 Å². The summed E-state index contributed by atoms with van der Waals surface area (Å²) in [4.78, 5) is 0. The molecule has 1 fully saturated rings. The fraction of sp³-hybridized carbons (Fsp3) is 0.714. The minimum Gasteiger partial charge on any atom is -0.335 e. The third-order valence-corrected chi connectivity index (χ3v) is 8.22. The van der Waals surface area contributed by atoms with Crippen molar-refractivity contribution in [1.29, 1.82) is 0 Å². The summed E-state index contributed by atoms with van der Waals surface area (Å²) in [6.45, 7) is 7.96. The van der Waals surface area contributed by atoms with Gasteiger partial charge in [0.2, 0.25) is 0 Å². The first-order chi connectivity index (χ1) is 7.95. The molecule has 0 spiro atoms. The zero-order chi connectivity index (χ0) is 12.5. The van der Waals surface area contributed by atoms with E-state index in [2.05, 4.69) is 54.9 Å². The summed E-state index contributed by atoms with van der Waals surface area (Å²) >= 11 is 3.52. The van der Waals surface area contributed by atoms with Gasteiger partial charge in [0, 0.05) is 22.1 Å². The lowest BCUT2D eigenvalue weighted by Crippen LogP contribution is -2.39. The molecule has 0 aromatic heterocycles. The molecule has 0 bridgehead atoms. The Labute approximate surface area is 115 Å². The molecule has 1 saturated heterocycles. The molecule has 17 heavy (non-hydrogen) atoms. The molecule has 98 valence electrons. The maximum atomic E-state index is 6.09. The Morgan fingerprint density at radius 3 is 2.53 bits per heavy atom. The van der Waals surface area contributed by atoms with Crippen LogP contribution >= 0.6 is 26.2 Å². The highest BCUT2D eigenvalue weighted by atomic mass is 79.9. The van der Waals surface area contributed by atoms with Crippen molar-refractivity contribution in [2.75, 3.05) is 23.4 Å². The molecule has 2 aliphatic rings. The quantitative estimate of drug-likeness (QED) is 0.699. The molecule has 0 radical (unpaired) electrons. The number of halogens is 1. The molecule has 3 heteroatoms. The molecule has 0 amide bonds. The van der Waals surface area contributed by atoms with E-state index in [-0.39, 0.29) is 0 Å². The zero-order valence-electron chi connectivity index (χ0n) is 11.0. The summed E-state index contributed by atoms with van der Waals surface area (Å²) in [5, 5.41) is 1.62. The van der Waals surface area contributed by atoms with E-state index < -0.39 is 10.3 Å². The van der Waals surface area contributed by atoms with Crippen molar-refractivity contribution in [2.24, 2.45) is 5.41 Å². The van der Waals surface area contributed by atoms with Gasteiger partial charge in [-0.05, 0) is 17.4 Å². The summed E-state index contributed by atoms with van der Waals surface area (Å²) in [7, 11) is -0.834. The average molecular weight is 319 g/mol. The number of hydrogen-bond acceptors (Lipinski definition) is 1. The van der Waals surface area contributed by atoms with Crippen LogP contribution in [0.25, 0.3) is 0 Å². The Kier molecular flexibility index (Phi) is 4.11. The standard InChI is InChI=1S/C14H23BrOS/c1-14(2,3)11-17(9-8-16-17)13-6-4-12(10-15)5-7-13/h4-6,13H,7-11H2,1-3H3. The second-order valence-corrected chi connectivity index (χ2v) is 9.98. The lowest BCUT2D eigenvalue weighted by atomic mass is 10.0. The minimum absolute atomic E-state index is 0.378. The summed E-state index contributed by atoms with van der Waals surface area (Å²) in [6, 6.07) is 0. The third-order valence-electron chi connectivity index (χ3n) is 3.27. The third kappa shape index (κ3) is 3.18. The van der Waals surface area contributed by atoms with Gasteiger partial charge in [-0.15, -0.1) is 10.3 Å². The van der Waals surface area contributed by atoms with Gasteiger partial charge in [-0.25, -0.2) is 0 Å². The van der Waals surface area contributed by atoms with E-state index >= 15 is 0 Å². The van der Waals surface area contributed by atoms with Gasteiger partial charge in [0.15, 0.2) is 0 Å². The number of alkyl halides is 1. The lowest BCUT2D eigenvalue weighted by molar-refractivity contribution is 0.316. The molecule has 0 aromatic carbocycles. The first kappa shape index (κ1) is 13.7.